The number of aliphatic imine (C=N–C) groups is 1. The predicted octanol–water partition coefficient (Wildman–Crippen LogP) is 2.91. The van der Waals surface area contributed by atoms with Crippen LogP contribution in [0.2, 0.25) is 0 Å². The number of unbranched alkanes of at least 4 members (excludes halogenated alkanes) is 2. The highest BCUT2D eigenvalue weighted by atomic mass is 16.6. The normalized spacial score (nSPS) is 38.7. The SMILES string of the molecule is CCCCCC1C(=O)OC(C(C)C(O)CCCN=C(N)N)C(C)/C=C(\C)CCCCC(O)CC(O)CC(O)CC(O)CC(O)C([C@H]2O[C@H](CO)[C@@H](O)[C@@H]2O)/C=C(\C)C(O)CCCC(O)CCCC(O)CCC(C)C1O. The van der Waals surface area contributed by atoms with Crippen LogP contribution in [0.25, 0.3) is 0 Å². The number of ether oxygens (including phenoxy) is 2. The lowest BCUT2D eigenvalue weighted by atomic mass is 9.83. The van der Waals surface area contributed by atoms with Crippen molar-refractivity contribution in [2.75, 3.05) is 13.2 Å². The van der Waals surface area contributed by atoms with E-state index in [1.165, 1.54) is 6.08 Å². The van der Waals surface area contributed by atoms with E-state index in [9.17, 15) is 71.2 Å². The number of nitrogens with zero attached hydrogens (tertiary/aromatic N) is 1. The third-order valence-corrected chi connectivity index (χ3v) is 15.7. The van der Waals surface area contributed by atoms with E-state index in [4.69, 9.17) is 20.9 Å². The summed E-state index contributed by atoms with van der Waals surface area (Å²) in [6, 6.07) is 0. The summed E-state index contributed by atoms with van der Waals surface area (Å²) in [6.07, 6.45) is -4.26. The Morgan fingerprint density at radius 1 is 0.707 bits per heavy atom. The molecular formula is C56H105N3O16. The van der Waals surface area contributed by atoms with Gasteiger partial charge < -0.3 is 87.3 Å². The molecule has 0 saturated carbocycles. The zero-order valence-electron chi connectivity index (χ0n) is 46.3. The molecule has 2 aliphatic heterocycles. The molecule has 19 heteroatoms. The second-order valence-corrected chi connectivity index (χ2v) is 22.6. The Bertz CT molecular complexity index is 1640. The van der Waals surface area contributed by atoms with Gasteiger partial charge in [-0.15, -0.1) is 0 Å². The number of hydrogen-bond donors (Lipinski definition) is 15. The molecular weight excluding hydrogens is 971 g/mol. The van der Waals surface area contributed by atoms with Crippen LogP contribution in [0.3, 0.4) is 0 Å². The van der Waals surface area contributed by atoms with Gasteiger partial charge in [0.25, 0.3) is 0 Å². The summed E-state index contributed by atoms with van der Waals surface area (Å²) in [5.41, 5.74) is 12.4. The van der Waals surface area contributed by atoms with E-state index in [-0.39, 0.29) is 49.9 Å². The van der Waals surface area contributed by atoms with Gasteiger partial charge in [0, 0.05) is 24.3 Å². The first-order chi connectivity index (χ1) is 35.4. The third-order valence-electron chi connectivity index (χ3n) is 15.7. The minimum absolute atomic E-state index is 0.0194. The quantitative estimate of drug-likeness (QED) is 0.0439. The maximum atomic E-state index is 14.3. The summed E-state index contributed by atoms with van der Waals surface area (Å²) in [5, 5.41) is 142. The van der Waals surface area contributed by atoms with Crippen LogP contribution in [-0.4, -0.2) is 183 Å². The van der Waals surface area contributed by atoms with Crippen molar-refractivity contribution in [3.8, 4) is 0 Å². The first-order valence-corrected chi connectivity index (χ1v) is 28.4. The Kier molecular flexibility index (Phi) is 33.7. The molecule has 0 aromatic rings. The molecule has 0 amide bonds. The molecule has 0 aliphatic carbocycles. The number of aliphatic hydroxyl groups is 13. The highest BCUT2D eigenvalue weighted by Crippen LogP contribution is 2.34. The van der Waals surface area contributed by atoms with Crippen LogP contribution >= 0.6 is 0 Å². The van der Waals surface area contributed by atoms with Crippen molar-refractivity contribution in [1.82, 2.24) is 0 Å². The monoisotopic (exact) mass is 1080 g/mol. The molecule has 0 bridgehead atoms. The number of aliphatic hydroxyl groups excluding tert-OH is 13. The van der Waals surface area contributed by atoms with E-state index in [0.29, 0.717) is 108 Å². The Morgan fingerprint density at radius 3 is 1.89 bits per heavy atom. The van der Waals surface area contributed by atoms with Gasteiger partial charge >= 0.3 is 5.97 Å². The van der Waals surface area contributed by atoms with E-state index in [0.717, 1.165) is 18.4 Å². The van der Waals surface area contributed by atoms with Crippen LogP contribution < -0.4 is 11.5 Å². The van der Waals surface area contributed by atoms with Crippen LogP contribution in [0.5, 0.6) is 0 Å². The summed E-state index contributed by atoms with van der Waals surface area (Å²) in [6.45, 7) is 11.0. The van der Waals surface area contributed by atoms with E-state index >= 15 is 0 Å². The summed E-state index contributed by atoms with van der Waals surface area (Å²) >= 11 is 0. The maximum absolute atomic E-state index is 14.3. The van der Waals surface area contributed by atoms with Gasteiger partial charge in [0.2, 0.25) is 0 Å². The highest BCUT2D eigenvalue weighted by molar-refractivity contribution is 5.75. The first kappa shape index (κ1) is 68.8. The van der Waals surface area contributed by atoms with Crippen LogP contribution in [0.15, 0.2) is 28.3 Å². The highest BCUT2D eigenvalue weighted by Gasteiger charge is 2.47. The number of guanidine groups is 1. The molecule has 20 atom stereocenters. The fourth-order valence-corrected chi connectivity index (χ4v) is 10.9. The fourth-order valence-electron chi connectivity index (χ4n) is 10.9. The minimum atomic E-state index is -1.52. The topological polar surface area (TPSA) is 363 Å². The minimum Gasteiger partial charge on any atom is -0.461 e. The number of nitrogens with two attached hydrogens (primary N) is 2. The maximum Gasteiger partial charge on any atom is 0.311 e. The van der Waals surface area contributed by atoms with E-state index in [2.05, 4.69) is 11.9 Å². The van der Waals surface area contributed by atoms with Crippen molar-refractivity contribution in [1.29, 1.82) is 0 Å². The smallest absolute Gasteiger partial charge is 0.311 e. The van der Waals surface area contributed by atoms with Gasteiger partial charge in [0.15, 0.2) is 5.96 Å². The molecule has 2 aliphatic rings. The number of rotatable bonds is 12. The summed E-state index contributed by atoms with van der Waals surface area (Å²) in [4.78, 5) is 18.3. The molecule has 16 unspecified atom stereocenters. The van der Waals surface area contributed by atoms with Gasteiger partial charge in [-0.2, -0.15) is 0 Å². The predicted molar refractivity (Wildman–Crippen MR) is 288 cm³/mol. The van der Waals surface area contributed by atoms with Crippen molar-refractivity contribution in [2.45, 2.75) is 274 Å². The van der Waals surface area contributed by atoms with Gasteiger partial charge in [-0.25, -0.2) is 0 Å². The summed E-state index contributed by atoms with van der Waals surface area (Å²) in [7, 11) is 0. The standard InChI is InChI=1S/C56H105N3O16/c1-7-8-9-20-44-50(70)34(3)23-24-39(62)18-12-17-38(61)19-13-21-46(67)35(4)27-45(54-52(72)51(71)49(32-60)74-54)48(69)31-43(66)30-42(65)29-41(64)28-40(63)16-11-10-15-33(2)26-36(5)53(75-55(44)73)37(6)47(68)22-14-25-59-56(57)58/h26-27,34,36-54,60-72H,7-25,28-32H2,1-6H3,(H4,57,58,59)/b33-26+,35-27+/t34?,36?,37?,38?,39?,40?,41?,42?,43?,44?,45?,46?,47?,48?,49-,50?,51-,52+,53?,54-/m1/s1. The lowest BCUT2D eigenvalue weighted by Gasteiger charge is -2.34. The average Bonchev–Trinajstić information content (AvgIpc) is 3.63. The first-order valence-electron chi connectivity index (χ1n) is 28.4. The third kappa shape index (κ3) is 26.0. The largest absolute Gasteiger partial charge is 0.461 e. The molecule has 0 radical (unpaired) electrons. The number of cyclic esters (lactones) is 1. The van der Waals surface area contributed by atoms with Gasteiger partial charge in [0.05, 0.1) is 79.7 Å². The number of carbonyl (C=O) groups is 1. The summed E-state index contributed by atoms with van der Waals surface area (Å²) in [5.74, 6) is -3.69. The second kappa shape index (κ2) is 36.8. The van der Waals surface area contributed by atoms with Gasteiger partial charge in [0.1, 0.15) is 24.4 Å². The van der Waals surface area contributed by atoms with Gasteiger partial charge in [-0.1, -0.05) is 71.1 Å². The molecule has 75 heavy (non-hydrogen) atoms. The van der Waals surface area contributed by atoms with Crippen LogP contribution in [0.4, 0.5) is 0 Å². The molecule has 0 aromatic carbocycles. The molecule has 1 saturated heterocycles. The van der Waals surface area contributed by atoms with Crippen molar-refractivity contribution in [3.63, 3.8) is 0 Å². The number of carbonyl (C=O) groups excluding carboxylic acids is 1. The summed E-state index contributed by atoms with van der Waals surface area (Å²) < 4.78 is 12.1. The van der Waals surface area contributed by atoms with Crippen molar-refractivity contribution in [3.05, 3.63) is 23.3 Å². The average molecular weight is 1080 g/mol. The molecule has 17 N–H and O–H groups in total. The zero-order valence-corrected chi connectivity index (χ0v) is 46.3. The molecule has 19 nitrogen and oxygen atoms in total. The number of hydrogen-bond acceptors (Lipinski definition) is 17. The van der Waals surface area contributed by atoms with Crippen molar-refractivity contribution >= 4 is 11.9 Å². The number of allylic oxidation sites excluding steroid dienone is 1. The Hall–Kier alpha value is -2.34. The Labute approximate surface area is 448 Å². The molecule has 2 heterocycles. The van der Waals surface area contributed by atoms with E-state index < -0.39 is 122 Å². The lowest BCUT2D eigenvalue weighted by molar-refractivity contribution is -0.167. The fraction of sp³-hybridized carbons (Fsp3) is 0.893. The Morgan fingerprint density at radius 2 is 1.29 bits per heavy atom. The van der Waals surface area contributed by atoms with Crippen molar-refractivity contribution in [2.24, 2.45) is 46.0 Å². The van der Waals surface area contributed by atoms with Crippen molar-refractivity contribution < 1.29 is 80.7 Å². The molecule has 2 rings (SSSR count). The zero-order chi connectivity index (χ0) is 56.4. The van der Waals surface area contributed by atoms with Crippen LogP contribution in [0.1, 0.15) is 183 Å². The molecule has 0 spiro atoms. The van der Waals surface area contributed by atoms with E-state index in [1.54, 1.807) is 6.92 Å². The van der Waals surface area contributed by atoms with Crippen LogP contribution in [0, 0.1) is 29.6 Å². The molecule has 1 fully saturated rings. The van der Waals surface area contributed by atoms with Gasteiger partial charge in [-0.05, 0) is 141 Å². The second-order valence-electron chi connectivity index (χ2n) is 22.6. The van der Waals surface area contributed by atoms with Gasteiger partial charge in [-0.3, -0.25) is 9.79 Å². The molecule has 440 valence electrons. The number of esters is 1. The van der Waals surface area contributed by atoms with E-state index in [1.807, 2.05) is 33.8 Å². The molecule has 0 aromatic heterocycles. The lowest BCUT2D eigenvalue weighted by Crippen LogP contribution is -2.42. The Balaban J connectivity index is 2.37. The van der Waals surface area contributed by atoms with Crippen LogP contribution in [-0.2, 0) is 14.3 Å².